The number of nitrogens with zero attached hydrogens (tertiary/aromatic N) is 1. The Morgan fingerprint density at radius 2 is 2.47 bits per heavy atom. The fraction of sp³-hybridized carbons (Fsp3) is 0.545. The molecule has 4 heteroatoms. The van der Waals surface area contributed by atoms with Crippen molar-refractivity contribution >= 4 is 33.2 Å². The van der Waals surface area contributed by atoms with Crippen LogP contribution in [0.25, 0.3) is 0 Å². The molecule has 82 valence electrons. The second kappa shape index (κ2) is 4.66. The Hall–Kier alpha value is -0.350. The van der Waals surface area contributed by atoms with Crippen molar-refractivity contribution in [1.29, 1.82) is 0 Å². The number of hydrogen-bond donors (Lipinski definition) is 0. The van der Waals surface area contributed by atoms with E-state index in [0.717, 1.165) is 30.4 Å². The molecule has 1 aliphatic heterocycles. The average Bonchev–Trinajstić information content (AvgIpc) is 2.59. The third kappa shape index (κ3) is 2.61. The smallest absolute Gasteiger partial charge is 0.225 e. The Balaban J connectivity index is 2.02. The van der Waals surface area contributed by atoms with Crippen molar-refractivity contribution in [3.05, 3.63) is 20.8 Å². The van der Waals surface area contributed by atoms with Crippen LogP contribution >= 0.6 is 27.3 Å². The van der Waals surface area contributed by atoms with Gasteiger partial charge < -0.3 is 4.90 Å². The summed E-state index contributed by atoms with van der Waals surface area (Å²) in [5, 5.41) is 2.06. The molecule has 1 amide bonds. The number of hydrogen-bond acceptors (Lipinski definition) is 2. The minimum Gasteiger partial charge on any atom is -0.337 e. The highest BCUT2D eigenvalue weighted by molar-refractivity contribution is 9.10. The summed E-state index contributed by atoms with van der Waals surface area (Å²) in [5.41, 5.74) is 0. The highest BCUT2D eigenvalue weighted by Gasteiger charge is 2.25. The van der Waals surface area contributed by atoms with E-state index in [-0.39, 0.29) is 5.92 Å². The van der Waals surface area contributed by atoms with E-state index in [1.165, 1.54) is 4.88 Å². The summed E-state index contributed by atoms with van der Waals surface area (Å²) in [6.45, 7) is 3.72. The van der Waals surface area contributed by atoms with Gasteiger partial charge in [0.2, 0.25) is 5.91 Å². The van der Waals surface area contributed by atoms with Gasteiger partial charge in [0.25, 0.3) is 0 Å². The Morgan fingerprint density at radius 1 is 1.67 bits per heavy atom. The monoisotopic (exact) mass is 287 g/mol. The van der Waals surface area contributed by atoms with Crippen LogP contribution in [0, 0.1) is 5.92 Å². The zero-order valence-electron chi connectivity index (χ0n) is 8.70. The summed E-state index contributed by atoms with van der Waals surface area (Å²) < 4.78 is 1.11. The summed E-state index contributed by atoms with van der Waals surface area (Å²) in [6.07, 6.45) is 2.18. The topological polar surface area (TPSA) is 20.3 Å². The van der Waals surface area contributed by atoms with Gasteiger partial charge in [-0.25, -0.2) is 0 Å². The third-order valence-corrected chi connectivity index (χ3v) is 4.45. The number of piperidine rings is 1. The molecular weight excluding hydrogens is 274 g/mol. The molecule has 0 radical (unpaired) electrons. The van der Waals surface area contributed by atoms with Crippen LogP contribution in [-0.4, -0.2) is 17.4 Å². The second-order valence-electron chi connectivity index (χ2n) is 4.03. The van der Waals surface area contributed by atoms with Gasteiger partial charge in [0, 0.05) is 27.2 Å². The predicted molar refractivity (Wildman–Crippen MR) is 65.8 cm³/mol. The van der Waals surface area contributed by atoms with E-state index in [2.05, 4.69) is 27.4 Å². The Labute approximate surface area is 102 Å². The molecule has 1 fully saturated rings. The fourth-order valence-electron chi connectivity index (χ4n) is 1.92. The van der Waals surface area contributed by atoms with Crippen LogP contribution in [0.4, 0.5) is 0 Å². The van der Waals surface area contributed by atoms with Gasteiger partial charge in [0.05, 0.1) is 6.54 Å². The van der Waals surface area contributed by atoms with Crippen molar-refractivity contribution in [3.8, 4) is 0 Å². The van der Waals surface area contributed by atoms with E-state index in [9.17, 15) is 4.79 Å². The van der Waals surface area contributed by atoms with Crippen LogP contribution in [0.1, 0.15) is 24.6 Å². The number of rotatable bonds is 2. The molecule has 0 N–H and O–H groups in total. The Morgan fingerprint density at radius 3 is 3.13 bits per heavy atom. The van der Waals surface area contributed by atoms with Crippen molar-refractivity contribution in [2.45, 2.75) is 26.3 Å². The van der Waals surface area contributed by atoms with Crippen LogP contribution in [0.15, 0.2) is 15.9 Å². The van der Waals surface area contributed by atoms with Crippen molar-refractivity contribution in [2.24, 2.45) is 5.92 Å². The molecule has 1 aromatic rings. The Bertz CT molecular complexity index is 363. The number of halogens is 1. The van der Waals surface area contributed by atoms with E-state index in [0.29, 0.717) is 5.91 Å². The van der Waals surface area contributed by atoms with Crippen molar-refractivity contribution < 1.29 is 4.79 Å². The maximum atomic E-state index is 11.9. The number of carbonyl (C=O) groups excluding carboxylic acids is 1. The van der Waals surface area contributed by atoms with Crippen molar-refractivity contribution in [1.82, 2.24) is 4.90 Å². The first-order valence-electron chi connectivity index (χ1n) is 5.18. The van der Waals surface area contributed by atoms with Crippen LogP contribution in [0.3, 0.4) is 0 Å². The van der Waals surface area contributed by atoms with E-state index in [1.807, 2.05) is 11.8 Å². The molecule has 2 rings (SSSR count). The minimum absolute atomic E-state index is 0.210. The molecule has 2 nitrogen and oxygen atoms in total. The van der Waals surface area contributed by atoms with Crippen LogP contribution in [0.2, 0.25) is 0 Å². The highest BCUT2D eigenvalue weighted by Crippen LogP contribution is 2.24. The van der Waals surface area contributed by atoms with E-state index >= 15 is 0 Å². The summed E-state index contributed by atoms with van der Waals surface area (Å²) in [5.74, 6) is 0.521. The molecule has 1 unspecified atom stereocenters. The lowest BCUT2D eigenvalue weighted by atomic mass is 9.99. The molecular formula is C11H14BrNOS. The van der Waals surface area contributed by atoms with Gasteiger partial charge in [-0.05, 0) is 34.8 Å². The number of amides is 1. The molecule has 0 bridgehead atoms. The standard InChI is InChI=1S/C11H14BrNOS/c1-8-3-2-4-13(11(8)14)6-10-5-9(12)7-15-10/h5,7-8H,2-4,6H2,1H3. The lowest BCUT2D eigenvalue weighted by Gasteiger charge is -2.30. The average molecular weight is 288 g/mol. The maximum Gasteiger partial charge on any atom is 0.225 e. The zero-order valence-corrected chi connectivity index (χ0v) is 11.1. The van der Waals surface area contributed by atoms with Crippen molar-refractivity contribution in [3.63, 3.8) is 0 Å². The summed E-state index contributed by atoms with van der Waals surface area (Å²) in [4.78, 5) is 15.1. The maximum absolute atomic E-state index is 11.9. The highest BCUT2D eigenvalue weighted by atomic mass is 79.9. The van der Waals surface area contributed by atoms with Gasteiger partial charge in [-0.1, -0.05) is 6.92 Å². The quantitative estimate of drug-likeness (QED) is 0.818. The predicted octanol–water partition coefficient (Wildman–Crippen LogP) is 3.27. The number of carbonyl (C=O) groups is 1. The molecule has 15 heavy (non-hydrogen) atoms. The first-order chi connectivity index (χ1) is 7.16. The van der Waals surface area contributed by atoms with Crippen LogP contribution in [-0.2, 0) is 11.3 Å². The normalized spacial score (nSPS) is 22.1. The summed E-state index contributed by atoms with van der Waals surface area (Å²) >= 11 is 5.14. The van der Waals surface area contributed by atoms with E-state index < -0.39 is 0 Å². The minimum atomic E-state index is 0.210. The van der Waals surface area contributed by atoms with E-state index in [4.69, 9.17) is 0 Å². The van der Waals surface area contributed by atoms with Crippen LogP contribution in [0.5, 0.6) is 0 Å². The molecule has 0 aliphatic carbocycles. The number of thiophene rings is 1. The Kier molecular flexibility index (Phi) is 3.46. The van der Waals surface area contributed by atoms with Gasteiger partial charge in [-0.2, -0.15) is 0 Å². The third-order valence-electron chi connectivity index (χ3n) is 2.77. The molecule has 0 aromatic carbocycles. The molecule has 0 spiro atoms. The lowest BCUT2D eigenvalue weighted by Crippen LogP contribution is -2.39. The van der Waals surface area contributed by atoms with E-state index in [1.54, 1.807) is 11.3 Å². The number of likely N-dealkylation sites (tertiary alicyclic amines) is 1. The molecule has 1 saturated heterocycles. The fourth-order valence-corrected chi connectivity index (χ4v) is 3.38. The van der Waals surface area contributed by atoms with Crippen LogP contribution < -0.4 is 0 Å². The molecule has 1 aromatic heterocycles. The zero-order chi connectivity index (χ0) is 10.8. The molecule has 1 atom stereocenters. The van der Waals surface area contributed by atoms with Gasteiger partial charge in [0.15, 0.2) is 0 Å². The second-order valence-corrected chi connectivity index (χ2v) is 5.95. The molecule has 0 saturated carbocycles. The van der Waals surface area contributed by atoms with Gasteiger partial charge in [-0.15, -0.1) is 11.3 Å². The SMILES string of the molecule is CC1CCCN(Cc2cc(Br)cs2)C1=O. The van der Waals surface area contributed by atoms with Gasteiger partial charge in [0.1, 0.15) is 0 Å². The van der Waals surface area contributed by atoms with Gasteiger partial charge >= 0.3 is 0 Å². The molecule has 2 heterocycles. The summed E-state index contributed by atoms with van der Waals surface area (Å²) in [7, 11) is 0. The first kappa shape index (κ1) is 11.1. The van der Waals surface area contributed by atoms with Gasteiger partial charge in [-0.3, -0.25) is 4.79 Å². The summed E-state index contributed by atoms with van der Waals surface area (Å²) in [6, 6.07) is 2.09. The molecule has 1 aliphatic rings. The lowest BCUT2D eigenvalue weighted by molar-refractivity contribution is -0.138. The first-order valence-corrected chi connectivity index (χ1v) is 6.86. The largest absolute Gasteiger partial charge is 0.337 e. The van der Waals surface area contributed by atoms with Crippen molar-refractivity contribution in [2.75, 3.05) is 6.54 Å².